The lowest BCUT2D eigenvalue weighted by atomic mass is 10.0. The number of rotatable bonds is 1. The standard InChI is InChI=1S/C15H12N2O2/c1-9-6-7-13(18)12(8-9)14-10-4-2-3-5-11(10)15(19)17-16-14/h2-8,18H,1H3,(H,17,19). The second kappa shape index (κ2) is 4.24. The number of hydrogen-bond acceptors (Lipinski definition) is 3. The third-order valence-corrected chi connectivity index (χ3v) is 3.10. The van der Waals surface area contributed by atoms with E-state index in [0.717, 1.165) is 10.9 Å². The zero-order chi connectivity index (χ0) is 13.4. The van der Waals surface area contributed by atoms with Gasteiger partial charge in [0.05, 0.1) is 5.39 Å². The van der Waals surface area contributed by atoms with Crippen molar-refractivity contribution < 1.29 is 5.11 Å². The Morgan fingerprint density at radius 1 is 1.11 bits per heavy atom. The van der Waals surface area contributed by atoms with Crippen LogP contribution in [0.4, 0.5) is 0 Å². The highest BCUT2D eigenvalue weighted by Crippen LogP contribution is 2.31. The Balaban J connectivity index is 2.41. The number of hydrogen-bond donors (Lipinski definition) is 2. The van der Waals surface area contributed by atoms with E-state index in [-0.39, 0.29) is 11.3 Å². The van der Waals surface area contributed by atoms with Gasteiger partial charge in [0.25, 0.3) is 5.56 Å². The lowest BCUT2D eigenvalue weighted by Crippen LogP contribution is -2.09. The van der Waals surface area contributed by atoms with Gasteiger partial charge >= 0.3 is 0 Å². The summed E-state index contributed by atoms with van der Waals surface area (Å²) in [5.74, 6) is 0.148. The van der Waals surface area contributed by atoms with Gasteiger partial charge in [-0.3, -0.25) is 4.79 Å². The van der Waals surface area contributed by atoms with E-state index >= 15 is 0 Å². The molecule has 1 aromatic heterocycles. The van der Waals surface area contributed by atoms with Crippen LogP contribution in [0.1, 0.15) is 5.56 Å². The molecule has 0 saturated carbocycles. The normalized spacial score (nSPS) is 10.8. The minimum Gasteiger partial charge on any atom is -0.507 e. The van der Waals surface area contributed by atoms with Gasteiger partial charge in [0, 0.05) is 10.9 Å². The topological polar surface area (TPSA) is 66.0 Å². The highest BCUT2D eigenvalue weighted by molar-refractivity contribution is 5.94. The van der Waals surface area contributed by atoms with Crippen LogP contribution in [0.2, 0.25) is 0 Å². The van der Waals surface area contributed by atoms with Gasteiger partial charge < -0.3 is 5.11 Å². The van der Waals surface area contributed by atoms with Crippen molar-refractivity contribution in [1.29, 1.82) is 0 Å². The fourth-order valence-corrected chi connectivity index (χ4v) is 2.16. The molecule has 4 nitrogen and oxygen atoms in total. The number of H-pyrrole nitrogens is 1. The molecule has 2 N–H and O–H groups in total. The molecule has 0 bridgehead atoms. The SMILES string of the molecule is Cc1ccc(O)c(-c2n[nH]c(=O)c3ccccc23)c1. The summed E-state index contributed by atoms with van der Waals surface area (Å²) in [6.07, 6.45) is 0. The Morgan fingerprint density at radius 3 is 2.63 bits per heavy atom. The summed E-state index contributed by atoms with van der Waals surface area (Å²) in [7, 11) is 0. The molecule has 0 spiro atoms. The van der Waals surface area contributed by atoms with Crippen molar-refractivity contribution in [2.45, 2.75) is 6.92 Å². The molecule has 0 amide bonds. The first kappa shape index (κ1) is 11.5. The molecule has 1 heterocycles. The van der Waals surface area contributed by atoms with Crippen LogP contribution in [0.3, 0.4) is 0 Å². The van der Waals surface area contributed by atoms with Crippen molar-refractivity contribution in [3.8, 4) is 17.0 Å². The zero-order valence-electron chi connectivity index (χ0n) is 10.3. The van der Waals surface area contributed by atoms with E-state index in [1.165, 1.54) is 0 Å². The van der Waals surface area contributed by atoms with Crippen LogP contribution >= 0.6 is 0 Å². The molecule has 0 unspecified atom stereocenters. The number of nitrogens with zero attached hydrogens (tertiary/aromatic N) is 1. The Labute approximate surface area is 109 Å². The van der Waals surface area contributed by atoms with Crippen molar-refractivity contribution in [2.75, 3.05) is 0 Å². The highest BCUT2D eigenvalue weighted by Gasteiger charge is 2.11. The van der Waals surface area contributed by atoms with Crippen molar-refractivity contribution in [3.05, 3.63) is 58.4 Å². The molecule has 0 radical (unpaired) electrons. The Bertz CT molecular complexity index is 822. The molecular formula is C15H12N2O2. The first-order valence-electron chi connectivity index (χ1n) is 5.94. The molecule has 3 rings (SSSR count). The minimum atomic E-state index is -0.230. The number of aromatic hydroxyl groups is 1. The number of phenolic OH excluding ortho intramolecular Hbond substituents is 1. The van der Waals surface area contributed by atoms with Crippen LogP contribution < -0.4 is 5.56 Å². The molecular weight excluding hydrogens is 240 g/mol. The average molecular weight is 252 g/mol. The molecule has 2 aromatic carbocycles. The molecule has 4 heteroatoms. The second-order valence-electron chi connectivity index (χ2n) is 4.47. The predicted octanol–water partition coefficient (Wildman–Crippen LogP) is 2.60. The van der Waals surface area contributed by atoms with E-state index < -0.39 is 0 Å². The number of phenols is 1. The molecule has 0 atom stereocenters. The van der Waals surface area contributed by atoms with E-state index in [2.05, 4.69) is 10.2 Å². The Morgan fingerprint density at radius 2 is 1.84 bits per heavy atom. The van der Waals surface area contributed by atoms with Crippen molar-refractivity contribution in [2.24, 2.45) is 0 Å². The lowest BCUT2D eigenvalue weighted by molar-refractivity contribution is 0.477. The maximum absolute atomic E-state index is 11.7. The number of aryl methyl sites for hydroxylation is 1. The summed E-state index contributed by atoms with van der Waals surface area (Å²) in [6, 6.07) is 12.5. The highest BCUT2D eigenvalue weighted by atomic mass is 16.3. The predicted molar refractivity (Wildman–Crippen MR) is 74.2 cm³/mol. The number of fused-ring (bicyclic) bond motifs is 1. The van der Waals surface area contributed by atoms with Crippen molar-refractivity contribution >= 4 is 10.8 Å². The number of aromatic nitrogens is 2. The van der Waals surface area contributed by atoms with Gasteiger partial charge in [-0.05, 0) is 25.1 Å². The summed E-state index contributed by atoms with van der Waals surface area (Å²) in [4.78, 5) is 11.7. The molecule has 94 valence electrons. The monoisotopic (exact) mass is 252 g/mol. The van der Waals surface area contributed by atoms with Gasteiger partial charge in [-0.25, -0.2) is 5.10 Å². The Hall–Kier alpha value is -2.62. The summed E-state index contributed by atoms with van der Waals surface area (Å²) in [5.41, 5.74) is 1.99. The number of aromatic amines is 1. The zero-order valence-corrected chi connectivity index (χ0v) is 10.3. The van der Waals surface area contributed by atoms with E-state index in [1.54, 1.807) is 18.2 Å². The summed E-state index contributed by atoms with van der Waals surface area (Å²) >= 11 is 0. The van der Waals surface area contributed by atoms with Gasteiger partial charge in [-0.1, -0.05) is 29.8 Å². The maximum Gasteiger partial charge on any atom is 0.272 e. The summed E-state index contributed by atoms with van der Waals surface area (Å²) in [5, 5.41) is 17.8. The fourth-order valence-electron chi connectivity index (χ4n) is 2.16. The third kappa shape index (κ3) is 1.87. The second-order valence-corrected chi connectivity index (χ2v) is 4.47. The summed E-state index contributed by atoms with van der Waals surface area (Å²) in [6.45, 7) is 1.94. The van der Waals surface area contributed by atoms with Crippen LogP contribution in [0.25, 0.3) is 22.0 Å². The van der Waals surface area contributed by atoms with E-state index in [0.29, 0.717) is 16.6 Å². The third-order valence-electron chi connectivity index (χ3n) is 3.10. The average Bonchev–Trinajstić information content (AvgIpc) is 2.43. The molecule has 19 heavy (non-hydrogen) atoms. The fraction of sp³-hybridized carbons (Fsp3) is 0.0667. The quantitative estimate of drug-likeness (QED) is 0.699. The molecule has 0 aliphatic heterocycles. The largest absolute Gasteiger partial charge is 0.507 e. The smallest absolute Gasteiger partial charge is 0.272 e. The number of benzene rings is 2. The van der Waals surface area contributed by atoms with E-state index in [9.17, 15) is 9.90 Å². The van der Waals surface area contributed by atoms with Crippen LogP contribution in [-0.4, -0.2) is 15.3 Å². The molecule has 0 aliphatic carbocycles. The van der Waals surface area contributed by atoms with Crippen LogP contribution in [0, 0.1) is 6.92 Å². The minimum absolute atomic E-state index is 0.148. The Kier molecular flexibility index (Phi) is 2.56. The maximum atomic E-state index is 11.7. The molecule has 0 aliphatic rings. The van der Waals surface area contributed by atoms with Gasteiger partial charge in [0.2, 0.25) is 0 Å². The van der Waals surface area contributed by atoms with Gasteiger partial charge in [0.1, 0.15) is 11.4 Å². The van der Waals surface area contributed by atoms with E-state index in [4.69, 9.17) is 0 Å². The lowest BCUT2D eigenvalue weighted by Gasteiger charge is -2.07. The first-order chi connectivity index (χ1) is 9.16. The van der Waals surface area contributed by atoms with E-state index in [1.807, 2.05) is 31.2 Å². The van der Waals surface area contributed by atoms with Gasteiger partial charge in [-0.2, -0.15) is 5.10 Å². The van der Waals surface area contributed by atoms with Crippen LogP contribution in [-0.2, 0) is 0 Å². The van der Waals surface area contributed by atoms with Crippen LogP contribution in [0.5, 0.6) is 5.75 Å². The number of nitrogens with one attached hydrogen (secondary N) is 1. The first-order valence-corrected chi connectivity index (χ1v) is 5.94. The molecule has 0 fully saturated rings. The summed E-state index contributed by atoms with van der Waals surface area (Å²) < 4.78 is 0. The van der Waals surface area contributed by atoms with Crippen molar-refractivity contribution in [3.63, 3.8) is 0 Å². The van der Waals surface area contributed by atoms with Crippen molar-refractivity contribution in [1.82, 2.24) is 10.2 Å². The molecule has 0 saturated heterocycles. The van der Waals surface area contributed by atoms with Gasteiger partial charge in [-0.15, -0.1) is 0 Å². The van der Waals surface area contributed by atoms with Gasteiger partial charge in [0.15, 0.2) is 0 Å². The molecule has 3 aromatic rings. The van der Waals surface area contributed by atoms with Crippen LogP contribution in [0.15, 0.2) is 47.3 Å².